The molecule has 1 unspecified atom stereocenters. The summed E-state index contributed by atoms with van der Waals surface area (Å²) in [5.41, 5.74) is 0. The summed E-state index contributed by atoms with van der Waals surface area (Å²) in [6, 6.07) is 0. The van der Waals surface area contributed by atoms with E-state index in [1.54, 1.807) is 11.8 Å². The smallest absolute Gasteiger partial charge is 0.250 e. The van der Waals surface area contributed by atoms with Crippen molar-refractivity contribution in [2.75, 3.05) is 37.7 Å². The molecular weight excluding hydrogens is 212 g/mol. The molecule has 0 aliphatic carbocycles. The number of ether oxygens (including phenoxy) is 1. The van der Waals surface area contributed by atoms with Gasteiger partial charge in [0.2, 0.25) is 5.91 Å². The molecule has 1 fully saturated rings. The first-order valence-corrected chi connectivity index (χ1v) is 6.28. The zero-order chi connectivity index (χ0) is 10.9. The summed E-state index contributed by atoms with van der Waals surface area (Å²) in [5.74, 6) is 1.83. The van der Waals surface area contributed by atoms with Gasteiger partial charge in [-0.15, -0.1) is 6.58 Å². The molecule has 1 atom stereocenters. The van der Waals surface area contributed by atoms with Crippen LogP contribution in [0, 0.1) is 0 Å². The number of carbonyl (C=O) groups is 1. The average molecular weight is 230 g/mol. The Bertz CT molecular complexity index is 206. The van der Waals surface area contributed by atoms with Crippen LogP contribution in [0.2, 0.25) is 0 Å². The summed E-state index contributed by atoms with van der Waals surface area (Å²) in [5, 5.41) is 5.97. The molecule has 2 N–H and O–H groups in total. The zero-order valence-corrected chi connectivity index (χ0v) is 9.65. The number of amides is 1. The molecule has 0 aromatic heterocycles. The largest absolute Gasteiger partial charge is 0.366 e. The first-order valence-electron chi connectivity index (χ1n) is 5.13. The van der Waals surface area contributed by atoms with E-state index >= 15 is 0 Å². The van der Waals surface area contributed by atoms with Crippen molar-refractivity contribution >= 4 is 17.7 Å². The van der Waals surface area contributed by atoms with Gasteiger partial charge in [-0.2, -0.15) is 11.8 Å². The van der Waals surface area contributed by atoms with E-state index in [1.165, 1.54) is 0 Å². The molecule has 1 saturated heterocycles. The molecule has 1 amide bonds. The van der Waals surface area contributed by atoms with Crippen molar-refractivity contribution in [3.63, 3.8) is 0 Å². The SMILES string of the molecule is C=CCSCCNC(=O)C1CNCCO1. The molecule has 0 radical (unpaired) electrons. The molecule has 0 spiro atoms. The third-order valence-corrected chi connectivity index (χ3v) is 2.97. The fraction of sp³-hybridized carbons (Fsp3) is 0.700. The molecule has 86 valence electrons. The van der Waals surface area contributed by atoms with Crippen LogP contribution in [0.15, 0.2) is 12.7 Å². The van der Waals surface area contributed by atoms with Crippen molar-refractivity contribution in [1.29, 1.82) is 0 Å². The van der Waals surface area contributed by atoms with E-state index in [-0.39, 0.29) is 12.0 Å². The average Bonchev–Trinajstić information content (AvgIpc) is 2.30. The summed E-state index contributed by atoms with van der Waals surface area (Å²) in [7, 11) is 0. The van der Waals surface area contributed by atoms with Gasteiger partial charge in [0, 0.05) is 31.1 Å². The maximum absolute atomic E-state index is 11.5. The molecule has 5 heteroatoms. The highest BCUT2D eigenvalue weighted by Gasteiger charge is 2.20. The Morgan fingerprint density at radius 3 is 3.27 bits per heavy atom. The second-order valence-corrected chi connectivity index (χ2v) is 4.37. The van der Waals surface area contributed by atoms with Crippen LogP contribution in [0.3, 0.4) is 0 Å². The van der Waals surface area contributed by atoms with Gasteiger partial charge in [0.15, 0.2) is 0 Å². The number of carbonyl (C=O) groups excluding carboxylic acids is 1. The zero-order valence-electron chi connectivity index (χ0n) is 8.83. The minimum Gasteiger partial charge on any atom is -0.366 e. The maximum atomic E-state index is 11.5. The second-order valence-electron chi connectivity index (χ2n) is 3.22. The molecule has 0 aromatic carbocycles. The van der Waals surface area contributed by atoms with Crippen LogP contribution >= 0.6 is 11.8 Å². The molecule has 0 aromatic rings. The molecule has 1 aliphatic rings. The van der Waals surface area contributed by atoms with Crippen molar-refractivity contribution in [3.05, 3.63) is 12.7 Å². The van der Waals surface area contributed by atoms with Gasteiger partial charge in [-0.25, -0.2) is 0 Å². The summed E-state index contributed by atoms with van der Waals surface area (Å²) < 4.78 is 5.32. The van der Waals surface area contributed by atoms with Crippen molar-refractivity contribution in [3.8, 4) is 0 Å². The van der Waals surface area contributed by atoms with Crippen LogP contribution in [-0.4, -0.2) is 49.8 Å². The van der Waals surface area contributed by atoms with Crippen LogP contribution in [0.5, 0.6) is 0 Å². The first-order chi connectivity index (χ1) is 7.34. The van der Waals surface area contributed by atoms with Gasteiger partial charge >= 0.3 is 0 Å². The van der Waals surface area contributed by atoms with Gasteiger partial charge in [-0.1, -0.05) is 6.08 Å². The topological polar surface area (TPSA) is 50.4 Å². The lowest BCUT2D eigenvalue weighted by molar-refractivity contribution is -0.134. The Kier molecular flexibility index (Phi) is 6.47. The molecular formula is C10H18N2O2S. The number of thioether (sulfide) groups is 1. The van der Waals surface area contributed by atoms with Crippen molar-refractivity contribution < 1.29 is 9.53 Å². The van der Waals surface area contributed by atoms with E-state index < -0.39 is 0 Å². The Hall–Kier alpha value is -0.520. The van der Waals surface area contributed by atoms with Crippen LogP contribution < -0.4 is 10.6 Å². The molecule has 4 nitrogen and oxygen atoms in total. The lowest BCUT2D eigenvalue weighted by Gasteiger charge is -2.22. The number of morpholine rings is 1. The highest BCUT2D eigenvalue weighted by Crippen LogP contribution is 1.99. The summed E-state index contributed by atoms with van der Waals surface area (Å²) in [4.78, 5) is 11.5. The van der Waals surface area contributed by atoms with Crippen LogP contribution in [-0.2, 0) is 9.53 Å². The number of nitrogens with one attached hydrogen (secondary N) is 2. The minimum atomic E-state index is -0.317. The number of hydrogen-bond donors (Lipinski definition) is 2. The Balaban J connectivity index is 2.04. The predicted molar refractivity (Wildman–Crippen MR) is 63.1 cm³/mol. The van der Waals surface area contributed by atoms with E-state index in [0.29, 0.717) is 19.7 Å². The summed E-state index contributed by atoms with van der Waals surface area (Å²) in [6.07, 6.45) is 1.55. The van der Waals surface area contributed by atoms with E-state index in [2.05, 4.69) is 17.2 Å². The third kappa shape index (κ3) is 5.20. The predicted octanol–water partition coefficient (Wildman–Crippen LogP) is 0.0102. The van der Waals surface area contributed by atoms with Gasteiger partial charge < -0.3 is 15.4 Å². The molecule has 15 heavy (non-hydrogen) atoms. The molecule has 0 saturated carbocycles. The second kappa shape index (κ2) is 7.73. The Morgan fingerprint density at radius 1 is 1.73 bits per heavy atom. The molecule has 1 aliphatic heterocycles. The van der Waals surface area contributed by atoms with Crippen molar-refractivity contribution in [2.24, 2.45) is 0 Å². The van der Waals surface area contributed by atoms with E-state index in [9.17, 15) is 4.79 Å². The van der Waals surface area contributed by atoms with E-state index in [4.69, 9.17) is 4.74 Å². The first kappa shape index (κ1) is 12.5. The highest BCUT2D eigenvalue weighted by atomic mass is 32.2. The lowest BCUT2D eigenvalue weighted by Crippen LogP contribution is -2.48. The quantitative estimate of drug-likeness (QED) is 0.498. The van der Waals surface area contributed by atoms with Gasteiger partial charge in [0.25, 0.3) is 0 Å². The van der Waals surface area contributed by atoms with E-state index in [1.807, 2.05) is 6.08 Å². The third-order valence-electron chi connectivity index (χ3n) is 2.00. The molecule has 0 bridgehead atoms. The monoisotopic (exact) mass is 230 g/mol. The van der Waals surface area contributed by atoms with Crippen LogP contribution in [0.25, 0.3) is 0 Å². The van der Waals surface area contributed by atoms with Gasteiger partial charge in [0.05, 0.1) is 6.61 Å². The van der Waals surface area contributed by atoms with Crippen molar-refractivity contribution in [1.82, 2.24) is 10.6 Å². The van der Waals surface area contributed by atoms with Gasteiger partial charge in [-0.3, -0.25) is 4.79 Å². The Morgan fingerprint density at radius 2 is 2.60 bits per heavy atom. The highest BCUT2D eigenvalue weighted by molar-refractivity contribution is 7.99. The minimum absolute atomic E-state index is 0.0126. The normalized spacial score (nSPS) is 20.9. The fourth-order valence-corrected chi connectivity index (χ4v) is 1.84. The summed E-state index contributed by atoms with van der Waals surface area (Å²) >= 11 is 1.75. The standard InChI is InChI=1S/C10H18N2O2S/c1-2-6-15-7-4-12-10(13)9-8-11-3-5-14-9/h2,9,11H,1,3-8H2,(H,12,13). The number of rotatable bonds is 6. The number of hydrogen-bond acceptors (Lipinski definition) is 4. The van der Waals surface area contributed by atoms with Crippen LogP contribution in [0.4, 0.5) is 0 Å². The molecule has 1 heterocycles. The lowest BCUT2D eigenvalue weighted by atomic mass is 10.3. The molecule has 1 rings (SSSR count). The van der Waals surface area contributed by atoms with Crippen molar-refractivity contribution in [2.45, 2.75) is 6.10 Å². The van der Waals surface area contributed by atoms with Crippen LogP contribution in [0.1, 0.15) is 0 Å². The van der Waals surface area contributed by atoms with Gasteiger partial charge in [-0.05, 0) is 0 Å². The summed E-state index contributed by atoms with van der Waals surface area (Å²) in [6.45, 7) is 6.39. The van der Waals surface area contributed by atoms with E-state index in [0.717, 1.165) is 18.1 Å². The maximum Gasteiger partial charge on any atom is 0.250 e. The Labute approximate surface area is 94.8 Å². The fourth-order valence-electron chi connectivity index (χ4n) is 1.26. The van der Waals surface area contributed by atoms with Gasteiger partial charge in [0.1, 0.15) is 6.10 Å².